The Balaban J connectivity index is 0. The Morgan fingerprint density at radius 3 is 1.18 bits per heavy atom. The van der Waals surface area contributed by atoms with Crippen LogP contribution in [0.2, 0.25) is 12.1 Å². The molecule has 0 saturated heterocycles. The molecule has 0 aliphatic rings. The lowest BCUT2D eigenvalue weighted by atomic mass is 10.1. The van der Waals surface area contributed by atoms with Gasteiger partial charge in [0.2, 0.25) is 0 Å². The van der Waals surface area contributed by atoms with E-state index in [1.54, 1.807) is 21.3 Å². The highest BCUT2D eigenvalue weighted by atomic mass is 28.4. The average Bonchev–Trinajstić information content (AvgIpc) is 2.86. The summed E-state index contributed by atoms with van der Waals surface area (Å²) in [6.07, 6.45) is 2.41. The monoisotopic (exact) mass is 602 g/mol. The van der Waals surface area contributed by atoms with E-state index < -0.39 is 17.6 Å². The predicted molar refractivity (Wildman–Crippen MR) is 159 cm³/mol. The molecule has 2 N–H and O–H groups in total. The Hall–Kier alpha value is 0.0338. The van der Waals surface area contributed by atoms with Crippen molar-refractivity contribution in [2.45, 2.75) is 98.4 Å². The largest absolute Gasteiger partial charge is 0.501 e. The normalized spacial score (nSPS) is 14.0. The summed E-state index contributed by atoms with van der Waals surface area (Å²) >= 11 is 0. The van der Waals surface area contributed by atoms with Crippen LogP contribution in [0.5, 0.6) is 0 Å². The summed E-state index contributed by atoms with van der Waals surface area (Å²) in [6.45, 7) is 18.0. The van der Waals surface area contributed by atoms with Crippen LogP contribution < -0.4 is 0 Å². The minimum Gasteiger partial charge on any atom is -0.391 e. The third-order valence-electron chi connectivity index (χ3n) is 5.68. The van der Waals surface area contributed by atoms with Gasteiger partial charge in [-0.2, -0.15) is 0 Å². The number of aliphatic hydroxyl groups excluding tert-OH is 2. The van der Waals surface area contributed by atoms with Gasteiger partial charge in [0.05, 0.1) is 25.4 Å². The maximum Gasteiger partial charge on any atom is 0.501 e. The summed E-state index contributed by atoms with van der Waals surface area (Å²) in [5.74, 6) is 0.969. The molecule has 2 atom stereocenters. The fraction of sp³-hybridized carbons (Fsp3) is 1.00. The van der Waals surface area contributed by atoms with E-state index >= 15 is 0 Å². The van der Waals surface area contributed by atoms with Gasteiger partial charge in [-0.3, -0.25) is 0 Å². The van der Waals surface area contributed by atoms with E-state index in [0.717, 1.165) is 37.8 Å². The standard InChI is InChI=1S/C15H34O5Si.C12H28O5Si/c1-6-18-21(19-7-2,20-8-3)11-9-10-17-13-15(16)12-14(4)5;1-11(2)9-12(13)10-17-7-6-8-18(14-3,15-4)16-5/h14-16H,6-13H2,1-5H3;11-13H,6-10H2,1-5H3. The van der Waals surface area contributed by atoms with Crippen LogP contribution in [0, 0.1) is 11.8 Å². The van der Waals surface area contributed by atoms with Crippen LogP contribution in [0.15, 0.2) is 0 Å². The van der Waals surface area contributed by atoms with Crippen LogP contribution in [0.3, 0.4) is 0 Å². The van der Waals surface area contributed by atoms with Crippen LogP contribution in [0.1, 0.15) is 74.1 Å². The molecular formula is C27H62O10Si2. The molecule has 0 heterocycles. The topological polar surface area (TPSA) is 114 Å². The minimum absolute atomic E-state index is 0.376. The van der Waals surface area contributed by atoms with Gasteiger partial charge in [-0.1, -0.05) is 27.7 Å². The summed E-state index contributed by atoms with van der Waals surface area (Å²) in [6, 6.07) is 1.47. The summed E-state index contributed by atoms with van der Waals surface area (Å²) in [5.41, 5.74) is 0. The van der Waals surface area contributed by atoms with E-state index in [9.17, 15) is 10.2 Å². The number of rotatable bonds is 25. The Morgan fingerprint density at radius 1 is 0.564 bits per heavy atom. The zero-order chi connectivity index (χ0) is 30.2. The first-order valence-electron chi connectivity index (χ1n) is 14.6. The molecule has 0 fully saturated rings. The summed E-state index contributed by atoms with van der Waals surface area (Å²) < 4.78 is 44.2. The second-order valence-corrected chi connectivity index (χ2v) is 16.0. The highest BCUT2D eigenvalue weighted by Gasteiger charge is 2.39. The molecule has 2 unspecified atom stereocenters. The third kappa shape index (κ3) is 22.3. The van der Waals surface area contributed by atoms with Crippen molar-refractivity contribution >= 4 is 17.6 Å². The Morgan fingerprint density at radius 2 is 0.897 bits per heavy atom. The van der Waals surface area contributed by atoms with E-state index in [1.807, 2.05) is 20.8 Å². The van der Waals surface area contributed by atoms with Crippen molar-refractivity contribution in [3.8, 4) is 0 Å². The molecule has 0 aromatic carbocycles. The van der Waals surface area contributed by atoms with E-state index in [-0.39, 0.29) is 12.2 Å². The maximum absolute atomic E-state index is 9.74. The van der Waals surface area contributed by atoms with Crippen LogP contribution >= 0.6 is 0 Å². The van der Waals surface area contributed by atoms with Crippen molar-refractivity contribution in [1.29, 1.82) is 0 Å². The van der Waals surface area contributed by atoms with Gasteiger partial charge in [0.25, 0.3) is 0 Å². The molecule has 39 heavy (non-hydrogen) atoms. The number of hydrogen-bond donors (Lipinski definition) is 2. The van der Waals surface area contributed by atoms with Crippen molar-refractivity contribution in [3.05, 3.63) is 0 Å². The number of ether oxygens (including phenoxy) is 2. The number of hydrogen-bond acceptors (Lipinski definition) is 10. The van der Waals surface area contributed by atoms with Gasteiger partial charge in [-0.15, -0.1) is 0 Å². The number of aliphatic hydroxyl groups is 2. The molecule has 0 aromatic rings. The molecule has 238 valence electrons. The molecule has 0 rings (SSSR count). The van der Waals surface area contributed by atoms with Gasteiger partial charge in [0.15, 0.2) is 0 Å². The highest BCUT2D eigenvalue weighted by molar-refractivity contribution is 6.61. The Bertz CT molecular complexity index is 500. The lowest BCUT2D eigenvalue weighted by molar-refractivity contribution is 0.0234. The van der Waals surface area contributed by atoms with Gasteiger partial charge in [0, 0.05) is 66.5 Å². The zero-order valence-corrected chi connectivity index (χ0v) is 28.7. The van der Waals surface area contributed by atoms with Crippen molar-refractivity contribution in [3.63, 3.8) is 0 Å². The smallest absolute Gasteiger partial charge is 0.391 e. The van der Waals surface area contributed by atoms with E-state index in [4.69, 9.17) is 36.0 Å². The van der Waals surface area contributed by atoms with Crippen LogP contribution in [-0.2, 0) is 36.0 Å². The third-order valence-corrected chi connectivity index (χ3v) is 11.7. The fourth-order valence-electron chi connectivity index (χ4n) is 4.00. The quantitative estimate of drug-likeness (QED) is 0.114. The predicted octanol–water partition coefficient (Wildman–Crippen LogP) is 4.53. The molecule has 0 aliphatic carbocycles. The lowest BCUT2D eigenvalue weighted by Gasteiger charge is -2.28. The van der Waals surface area contributed by atoms with Crippen molar-refractivity contribution in [1.82, 2.24) is 0 Å². The Kier molecular flexibility index (Phi) is 27.2. The molecule has 12 heteroatoms. The first-order valence-corrected chi connectivity index (χ1v) is 18.4. The maximum atomic E-state index is 9.74. The van der Waals surface area contributed by atoms with Gasteiger partial charge >= 0.3 is 17.6 Å². The lowest BCUT2D eigenvalue weighted by Crippen LogP contribution is -2.46. The Labute approximate surface area is 241 Å². The first kappa shape index (κ1) is 41.2. The van der Waals surface area contributed by atoms with Crippen LogP contribution in [-0.4, -0.2) is 108 Å². The zero-order valence-electron chi connectivity index (χ0n) is 26.7. The molecule has 0 spiro atoms. The highest BCUT2D eigenvalue weighted by Crippen LogP contribution is 2.18. The second-order valence-electron chi connectivity index (χ2n) is 10.2. The van der Waals surface area contributed by atoms with Gasteiger partial charge in [-0.05, 0) is 58.3 Å². The molecule has 10 nitrogen and oxygen atoms in total. The van der Waals surface area contributed by atoms with E-state index in [1.165, 1.54) is 0 Å². The van der Waals surface area contributed by atoms with E-state index in [0.29, 0.717) is 58.1 Å². The molecule has 0 aromatic heterocycles. The molecule has 0 radical (unpaired) electrons. The van der Waals surface area contributed by atoms with Crippen LogP contribution in [0.4, 0.5) is 0 Å². The van der Waals surface area contributed by atoms with E-state index in [2.05, 4.69) is 27.7 Å². The van der Waals surface area contributed by atoms with Crippen molar-refractivity contribution in [2.75, 3.05) is 67.6 Å². The molecular weight excluding hydrogens is 540 g/mol. The molecule has 0 saturated carbocycles. The van der Waals surface area contributed by atoms with Gasteiger partial charge in [0.1, 0.15) is 0 Å². The summed E-state index contributed by atoms with van der Waals surface area (Å²) in [7, 11) is -0.194. The van der Waals surface area contributed by atoms with Crippen molar-refractivity contribution in [2.24, 2.45) is 11.8 Å². The average molecular weight is 603 g/mol. The fourth-order valence-corrected chi connectivity index (χ4v) is 8.27. The minimum atomic E-state index is -2.54. The van der Waals surface area contributed by atoms with Crippen molar-refractivity contribution < 1.29 is 46.2 Å². The first-order chi connectivity index (χ1) is 18.5. The van der Waals surface area contributed by atoms with Gasteiger partial charge < -0.3 is 46.2 Å². The molecule has 0 aliphatic heterocycles. The summed E-state index contributed by atoms with van der Waals surface area (Å²) in [4.78, 5) is 0. The molecule has 0 amide bonds. The second kappa shape index (κ2) is 25.7. The van der Waals surface area contributed by atoms with Crippen LogP contribution in [0.25, 0.3) is 0 Å². The summed E-state index contributed by atoms with van der Waals surface area (Å²) in [5, 5.41) is 19.4. The molecule has 0 bridgehead atoms. The SMILES string of the molecule is CCO[Si](CCCOCC(O)CC(C)C)(OCC)OCC.CO[Si](CCCOCC(O)CC(C)C)(OC)OC. The van der Waals surface area contributed by atoms with Gasteiger partial charge in [-0.25, -0.2) is 0 Å².